The lowest BCUT2D eigenvalue weighted by Crippen LogP contribution is -2.32. The van der Waals surface area contributed by atoms with Crippen molar-refractivity contribution in [2.45, 2.75) is 32.8 Å². The number of amides is 1. The third-order valence-corrected chi connectivity index (χ3v) is 3.87. The maximum Gasteiger partial charge on any atom is 0.344 e. The van der Waals surface area contributed by atoms with Gasteiger partial charge in [-0.3, -0.25) is 4.79 Å². The molecule has 0 spiro atoms. The van der Waals surface area contributed by atoms with Gasteiger partial charge in [-0.1, -0.05) is 26.0 Å². The van der Waals surface area contributed by atoms with Crippen LogP contribution in [0, 0.1) is 17.5 Å². The van der Waals surface area contributed by atoms with Crippen LogP contribution >= 0.6 is 0 Å². The number of carbonyl (C=O) groups excluding carboxylic acids is 2. The Kier molecular flexibility index (Phi) is 7.03. The highest BCUT2D eigenvalue weighted by molar-refractivity contribution is 5.95. The van der Waals surface area contributed by atoms with Crippen LogP contribution in [0.3, 0.4) is 0 Å². The Morgan fingerprint density at radius 3 is 2.21 bits per heavy atom. The zero-order chi connectivity index (χ0) is 20.8. The van der Waals surface area contributed by atoms with E-state index in [9.17, 15) is 22.8 Å². The van der Waals surface area contributed by atoms with E-state index >= 15 is 0 Å². The summed E-state index contributed by atoms with van der Waals surface area (Å²) in [6.07, 6.45) is -1.30. The molecule has 8 heteroatoms. The Labute approximate surface area is 160 Å². The lowest BCUT2D eigenvalue weighted by Gasteiger charge is -2.14. The van der Waals surface area contributed by atoms with E-state index in [0.717, 1.165) is 11.6 Å². The van der Waals surface area contributed by atoms with Crippen LogP contribution in [0.5, 0.6) is 5.75 Å². The first-order valence-electron chi connectivity index (χ1n) is 8.55. The minimum atomic E-state index is -1.71. The molecule has 150 valence electrons. The third-order valence-electron chi connectivity index (χ3n) is 3.87. The monoisotopic (exact) mass is 395 g/mol. The van der Waals surface area contributed by atoms with Crippen LogP contribution in [0.2, 0.25) is 0 Å². The minimum Gasteiger partial charge on any atom is -0.482 e. The molecule has 2 aromatic carbocycles. The fraction of sp³-hybridized carbons (Fsp3) is 0.300. The molecule has 0 aromatic heterocycles. The maximum absolute atomic E-state index is 13.6. The largest absolute Gasteiger partial charge is 0.482 e. The molecule has 1 N–H and O–H groups in total. The zero-order valence-corrected chi connectivity index (χ0v) is 15.6. The van der Waals surface area contributed by atoms with Gasteiger partial charge in [0.2, 0.25) is 0 Å². The van der Waals surface area contributed by atoms with Crippen LogP contribution in [0.4, 0.5) is 18.9 Å². The van der Waals surface area contributed by atoms with E-state index in [-0.39, 0.29) is 0 Å². The minimum absolute atomic E-state index is 0.359. The molecule has 2 rings (SSSR count). The highest BCUT2D eigenvalue weighted by atomic mass is 19.2. The number of anilines is 1. The number of hydrogen-bond acceptors (Lipinski definition) is 4. The Morgan fingerprint density at radius 1 is 0.964 bits per heavy atom. The summed E-state index contributed by atoms with van der Waals surface area (Å²) in [4.78, 5) is 23.8. The van der Waals surface area contributed by atoms with E-state index in [1.54, 1.807) is 12.1 Å². The van der Waals surface area contributed by atoms with E-state index in [1.807, 2.05) is 31.3 Å². The quantitative estimate of drug-likeness (QED) is 0.564. The average Bonchev–Trinajstić information content (AvgIpc) is 2.67. The molecular formula is C20H20F3NO4. The number of halogens is 3. The number of hydrogen-bond donors (Lipinski definition) is 1. The molecule has 1 atom stereocenters. The molecule has 0 fully saturated rings. The van der Waals surface area contributed by atoms with Gasteiger partial charge < -0.3 is 14.8 Å². The first-order valence-corrected chi connectivity index (χ1v) is 8.55. The Balaban J connectivity index is 1.86. The Bertz CT molecular complexity index is 853. The number of nitrogens with one attached hydrogen (secondary N) is 1. The topological polar surface area (TPSA) is 64.6 Å². The molecule has 1 amide bonds. The van der Waals surface area contributed by atoms with E-state index < -0.39 is 47.7 Å². The van der Waals surface area contributed by atoms with Gasteiger partial charge in [0.15, 0.2) is 30.2 Å². The van der Waals surface area contributed by atoms with E-state index in [0.29, 0.717) is 17.7 Å². The molecule has 0 saturated heterocycles. The standard InChI is InChI=1S/C20H20F3NO4/c1-11(2)13-4-6-14(7-5-13)27-10-17(25)28-12(3)20(26)24-16-9-8-15(21)18(22)19(16)23/h4-9,11-12H,10H2,1-3H3,(H,24,26)/t12-/m0/s1. The van der Waals surface area contributed by atoms with Gasteiger partial charge in [0.05, 0.1) is 5.69 Å². The number of benzene rings is 2. The molecule has 0 bridgehead atoms. The van der Waals surface area contributed by atoms with Gasteiger partial charge in [0.1, 0.15) is 5.75 Å². The van der Waals surface area contributed by atoms with Gasteiger partial charge in [-0.2, -0.15) is 0 Å². The van der Waals surface area contributed by atoms with Crippen molar-refractivity contribution in [3.8, 4) is 5.75 Å². The summed E-state index contributed by atoms with van der Waals surface area (Å²) < 4.78 is 49.8. The van der Waals surface area contributed by atoms with Crippen molar-refractivity contribution in [1.29, 1.82) is 0 Å². The molecular weight excluding hydrogens is 375 g/mol. The second-order valence-corrected chi connectivity index (χ2v) is 6.36. The predicted octanol–water partition coefficient (Wildman–Crippen LogP) is 4.18. The molecule has 0 heterocycles. The summed E-state index contributed by atoms with van der Waals surface area (Å²) in [7, 11) is 0. The molecule has 28 heavy (non-hydrogen) atoms. The van der Waals surface area contributed by atoms with Gasteiger partial charge in [0.25, 0.3) is 5.91 Å². The summed E-state index contributed by atoms with van der Waals surface area (Å²) in [5.41, 5.74) is 0.554. The van der Waals surface area contributed by atoms with Crippen LogP contribution in [0.25, 0.3) is 0 Å². The maximum atomic E-state index is 13.6. The lowest BCUT2D eigenvalue weighted by molar-refractivity contribution is -0.155. The fourth-order valence-corrected chi connectivity index (χ4v) is 2.23. The summed E-state index contributed by atoms with van der Waals surface area (Å²) in [6, 6.07) is 8.71. The summed E-state index contributed by atoms with van der Waals surface area (Å²) >= 11 is 0. The second kappa shape index (κ2) is 9.25. The molecule has 0 unspecified atom stereocenters. The van der Waals surface area contributed by atoms with Gasteiger partial charge in [0, 0.05) is 0 Å². The molecule has 0 radical (unpaired) electrons. The summed E-state index contributed by atoms with van der Waals surface area (Å²) in [5.74, 6) is -5.53. The molecule has 0 saturated carbocycles. The summed E-state index contributed by atoms with van der Waals surface area (Å²) in [5, 5.41) is 2.04. The number of esters is 1. The molecule has 0 aliphatic rings. The van der Waals surface area contributed by atoms with Crippen LogP contribution in [0.15, 0.2) is 36.4 Å². The smallest absolute Gasteiger partial charge is 0.344 e. The van der Waals surface area contributed by atoms with Crippen LogP contribution in [-0.2, 0) is 14.3 Å². The second-order valence-electron chi connectivity index (χ2n) is 6.36. The van der Waals surface area contributed by atoms with E-state index in [2.05, 4.69) is 0 Å². The first-order chi connectivity index (χ1) is 13.2. The van der Waals surface area contributed by atoms with Gasteiger partial charge in [-0.25, -0.2) is 18.0 Å². The Hall–Kier alpha value is -3.03. The van der Waals surface area contributed by atoms with Crippen molar-refractivity contribution in [2.75, 3.05) is 11.9 Å². The van der Waals surface area contributed by atoms with Crippen LogP contribution in [-0.4, -0.2) is 24.6 Å². The van der Waals surface area contributed by atoms with Crippen molar-refractivity contribution in [3.63, 3.8) is 0 Å². The van der Waals surface area contributed by atoms with Crippen molar-refractivity contribution >= 4 is 17.6 Å². The number of ether oxygens (including phenoxy) is 2. The Morgan fingerprint density at radius 2 is 1.61 bits per heavy atom. The average molecular weight is 395 g/mol. The van der Waals surface area contributed by atoms with Gasteiger partial charge in [-0.15, -0.1) is 0 Å². The molecule has 2 aromatic rings. The highest BCUT2D eigenvalue weighted by Crippen LogP contribution is 2.20. The SMILES string of the molecule is CC(C)c1ccc(OCC(=O)O[C@@H](C)C(=O)Nc2ccc(F)c(F)c2F)cc1. The van der Waals surface area contributed by atoms with Crippen molar-refractivity contribution < 1.29 is 32.2 Å². The van der Waals surface area contributed by atoms with Crippen molar-refractivity contribution in [3.05, 3.63) is 59.4 Å². The predicted molar refractivity (Wildman–Crippen MR) is 96.5 cm³/mol. The third kappa shape index (κ3) is 5.48. The van der Waals surface area contributed by atoms with E-state index in [1.165, 1.54) is 6.92 Å². The van der Waals surface area contributed by atoms with Gasteiger partial charge >= 0.3 is 5.97 Å². The summed E-state index contributed by atoms with van der Waals surface area (Å²) in [6.45, 7) is 4.92. The number of carbonyl (C=O) groups is 2. The lowest BCUT2D eigenvalue weighted by atomic mass is 10.0. The number of rotatable bonds is 7. The normalized spacial score (nSPS) is 11.8. The first kappa shape index (κ1) is 21.3. The fourth-order valence-electron chi connectivity index (χ4n) is 2.23. The highest BCUT2D eigenvalue weighted by Gasteiger charge is 2.21. The molecule has 5 nitrogen and oxygen atoms in total. The molecule has 0 aliphatic heterocycles. The van der Waals surface area contributed by atoms with Crippen molar-refractivity contribution in [1.82, 2.24) is 0 Å². The zero-order valence-electron chi connectivity index (χ0n) is 15.6. The van der Waals surface area contributed by atoms with Crippen molar-refractivity contribution in [2.24, 2.45) is 0 Å². The van der Waals surface area contributed by atoms with Gasteiger partial charge in [-0.05, 0) is 42.7 Å². The van der Waals surface area contributed by atoms with Crippen LogP contribution in [0.1, 0.15) is 32.3 Å². The van der Waals surface area contributed by atoms with Crippen LogP contribution < -0.4 is 10.1 Å². The van der Waals surface area contributed by atoms with E-state index in [4.69, 9.17) is 9.47 Å². The molecule has 0 aliphatic carbocycles.